The van der Waals surface area contributed by atoms with E-state index in [2.05, 4.69) is 25.0 Å². The normalized spacial score (nSPS) is 12.6. The van der Waals surface area contributed by atoms with E-state index in [0.717, 1.165) is 32.1 Å². The van der Waals surface area contributed by atoms with Crippen LogP contribution in [0.2, 0.25) is 0 Å². The quantitative estimate of drug-likeness (QED) is 0.529. The van der Waals surface area contributed by atoms with Crippen LogP contribution in [-0.4, -0.2) is 31.1 Å². The second kappa shape index (κ2) is 11.9. The van der Waals surface area contributed by atoms with Crippen molar-refractivity contribution in [3.8, 4) is 0 Å². The first-order valence-corrected chi connectivity index (χ1v) is 6.92. The Morgan fingerprint density at radius 3 is 2.24 bits per heavy atom. The summed E-state index contributed by atoms with van der Waals surface area (Å²) in [6, 6.07) is 0. The fraction of sp³-hybridized carbons (Fsp3) is 0.733. The minimum absolute atomic E-state index is 0.819. The van der Waals surface area contributed by atoms with Gasteiger partial charge in [-0.2, -0.15) is 0 Å². The van der Waals surface area contributed by atoms with E-state index in [1.807, 2.05) is 12.2 Å². The van der Waals surface area contributed by atoms with Crippen LogP contribution in [0.25, 0.3) is 0 Å². The van der Waals surface area contributed by atoms with E-state index in [4.69, 9.17) is 5.73 Å². The van der Waals surface area contributed by atoms with Crippen LogP contribution in [0.4, 0.5) is 0 Å². The zero-order valence-electron chi connectivity index (χ0n) is 11.5. The largest absolute Gasteiger partial charge is 0.330 e. The Morgan fingerprint density at radius 1 is 1.12 bits per heavy atom. The molecule has 0 heterocycles. The van der Waals surface area contributed by atoms with Crippen LogP contribution in [0.15, 0.2) is 25.3 Å². The van der Waals surface area contributed by atoms with E-state index in [0.29, 0.717) is 0 Å². The van der Waals surface area contributed by atoms with Gasteiger partial charge in [0, 0.05) is 13.1 Å². The zero-order valence-corrected chi connectivity index (χ0v) is 11.5. The van der Waals surface area contributed by atoms with Crippen LogP contribution in [0.3, 0.4) is 0 Å². The van der Waals surface area contributed by atoms with E-state index in [-0.39, 0.29) is 0 Å². The summed E-state index contributed by atoms with van der Waals surface area (Å²) in [5.41, 5.74) is 5.65. The molecule has 0 aliphatic heterocycles. The first-order valence-electron chi connectivity index (χ1n) is 6.92. The lowest BCUT2D eigenvalue weighted by atomic mass is 9.94. The third kappa shape index (κ3) is 9.13. The molecule has 2 nitrogen and oxygen atoms in total. The highest BCUT2D eigenvalue weighted by molar-refractivity contribution is 4.79. The second-order valence-corrected chi connectivity index (χ2v) is 4.71. The monoisotopic (exact) mass is 238 g/mol. The molecule has 100 valence electrons. The van der Waals surface area contributed by atoms with Gasteiger partial charge in [-0.25, -0.2) is 0 Å². The predicted molar refractivity (Wildman–Crippen MR) is 78.1 cm³/mol. The first kappa shape index (κ1) is 16.4. The van der Waals surface area contributed by atoms with Gasteiger partial charge in [0.1, 0.15) is 0 Å². The Kier molecular flexibility index (Phi) is 11.5. The van der Waals surface area contributed by atoms with Gasteiger partial charge in [-0.05, 0) is 38.3 Å². The number of hydrogen-bond donors (Lipinski definition) is 1. The van der Waals surface area contributed by atoms with E-state index < -0.39 is 0 Å². The molecular weight excluding hydrogens is 208 g/mol. The molecular formula is C15H30N2. The summed E-state index contributed by atoms with van der Waals surface area (Å²) in [6.45, 7) is 13.7. The molecule has 17 heavy (non-hydrogen) atoms. The van der Waals surface area contributed by atoms with Crippen molar-refractivity contribution < 1.29 is 0 Å². The zero-order chi connectivity index (χ0) is 12.9. The molecule has 0 spiro atoms. The van der Waals surface area contributed by atoms with Gasteiger partial charge in [0.05, 0.1) is 0 Å². The molecule has 2 heteroatoms. The Hall–Kier alpha value is -0.600. The Morgan fingerprint density at radius 2 is 1.76 bits per heavy atom. The summed E-state index contributed by atoms with van der Waals surface area (Å²) in [5, 5.41) is 0. The topological polar surface area (TPSA) is 29.3 Å². The summed E-state index contributed by atoms with van der Waals surface area (Å²) in [4.78, 5) is 2.38. The number of nitrogens with zero attached hydrogens (tertiary/aromatic N) is 1. The Bertz CT molecular complexity index is 173. The lowest BCUT2D eigenvalue weighted by molar-refractivity contribution is 0.304. The molecule has 0 aromatic carbocycles. The molecule has 0 radical (unpaired) electrons. The number of rotatable bonds is 12. The van der Waals surface area contributed by atoms with Gasteiger partial charge in [0.2, 0.25) is 0 Å². The SMILES string of the molecule is C=CCN(CC=C)CCCC(CCC)CCN. The molecule has 0 saturated carbocycles. The van der Waals surface area contributed by atoms with Gasteiger partial charge < -0.3 is 5.73 Å². The Balaban J connectivity index is 3.81. The van der Waals surface area contributed by atoms with Crippen molar-refractivity contribution in [2.24, 2.45) is 11.7 Å². The van der Waals surface area contributed by atoms with Gasteiger partial charge >= 0.3 is 0 Å². The number of hydrogen-bond acceptors (Lipinski definition) is 2. The minimum Gasteiger partial charge on any atom is -0.330 e. The molecule has 0 amide bonds. The number of nitrogens with two attached hydrogens (primary N) is 1. The smallest absolute Gasteiger partial charge is 0.0163 e. The van der Waals surface area contributed by atoms with Crippen LogP contribution in [0.5, 0.6) is 0 Å². The molecule has 0 aromatic heterocycles. The highest BCUT2D eigenvalue weighted by Gasteiger charge is 2.07. The molecule has 2 N–H and O–H groups in total. The minimum atomic E-state index is 0.819. The van der Waals surface area contributed by atoms with Crippen molar-refractivity contribution in [1.82, 2.24) is 4.90 Å². The predicted octanol–water partition coefficient (Wildman–Crippen LogP) is 3.21. The highest BCUT2D eigenvalue weighted by atomic mass is 15.1. The van der Waals surface area contributed by atoms with Gasteiger partial charge in [-0.15, -0.1) is 13.2 Å². The van der Waals surface area contributed by atoms with Crippen LogP contribution in [0.1, 0.15) is 39.0 Å². The van der Waals surface area contributed by atoms with Gasteiger partial charge in [-0.3, -0.25) is 4.90 Å². The van der Waals surface area contributed by atoms with Crippen LogP contribution in [-0.2, 0) is 0 Å². The molecule has 0 fully saturated rings. The van der Waals surface area contributed by atoms with Gasteiger partial charge in [0.15, 0.2) is 0 Å². The maximum Gasteiger partial charge on any atom is 0.0163 e. The molecule has 1 unspecified atom stereocenters. The molecule has 0 bridgehead atoms. The van der Waals surface area contributed by atoms with E-state index in [9.17, 15) is 0 Å². The third-order valence-electron chi connectivity index (χ3n) is 3.13. The maximum absolute atomic E-state index is 5.65. The molecule has 0 saturated heterocycles. The van der Waals surface area contributed by atoms with Gasteiger partial charge in [-0.1, -0.05) is 31.9 Å². The summed E-state index contributed by atoms with van der Waals surface area (Å²) < 4.78 is 0. The summed E-state index contributed by atoms with van der Waals surface area (Å²) in [6.07, 6.45) is 10.3. The van der Waals surface area contributed by atoms with Gasteiger partial charge in [0.25, 0.3) is 0 Å². The lowest BCUT2D eigenvalue weighted by Gasteiger charge is -2.21. The molecule has 0 rings (SSSR count). The average Bonchev–Trinajstić information content (AvgIpc) is 2.30. The average molecular weight is 238 g/mol. The lowest BCUT2D eigenvalue weighted by Crippen LogP contribution is -2.25. The molecule has 0 aromatic rings. The molecule has 0 aliphatic rings. The Labute approximate surface area is 108 Å². The van der Waals surface area contributed by atoms with Crippen molar-refractivity contribution in [2.75, 3.05) is 26.2 Å². The van der Waals surface area contributed by atoms with Crippen LogP contribution >= 0.6 is 0 Å². The molecule has 1 atom stereocenters. The standard InChI is InChI=1S/C15H30N2/c1-4-8-15(10-11-16)9-7-14-17(12-5-2)13-6-3/h5-6,15H,2-4,7-14,16H2,1H3. The third-order valence-corrected chi connectivity index (χ3v) is 3.13. The van der Waals surface area contributed by atoms with Crippen molar-refractivity contribution in [3.05, 3.63) is 25.3 Å². The van der Waals surface area contributed by atoms with E-state index in [1.54, 1.807) is 0 Å². The second-order valence-electron chi connectivity index (χ2n) is 4.71. The van der Waals surface area contributed by atoms with Crippen molar-refractivity contribution in [3.63, 3.8) is 0 Å². The first-order chi connectivity index (χ1) is 8.28. The maximum atomic E-state index is 5.65. The van der Waals surface area contributed by atoms with Crippen LogP contribution in [0, 0.1) is 5.92 Å². The summed E-state index contributed by atoms with van der Waals surface area (Å²) in [5.74, 6) is 0.819. The summed E-state index contributed by atoms with van der Waals surface area (Å²) >= 11 is 0. The molecule has 0 aliphatic carbocycles. The van der Waals surface area contributed by atoms with E-state index in [1.165, 1.54) is 32.1 Å². The summed E-state index contributed by atoms with van der Waals surface area (Å²) in [7, 11) is 0. The fourth-order valence-electron chi connectivity index (χ4n) is 2.30. The van der Waals surface area contributed by atoms with Crippen molar-refractivity contribution >= 4 is 0 Å². The highest BCUT2D eigenvalue weighted by Crippen LogP contribution is 2.17. The van der Waals surface area contributed by atoms with E-state index >= 15 is 0 Å². The van der Waals surface area contributed by atoms with Crippen LogP contribution < -0.4 is 5.73 Å². The van der Waals surface area contributed by atoms with Crippen molar-refractivity contribution in [1.29, 1.82) is 0 Å². The fourth-order valence-corrected chi connectivity index (χ4v) is 2.30. The van der Waals surface area contributed by atoms with Crippen molar-refractivity contribution in [2.45, 2.75) is 39.0 Å².